The fourth-order valence-electron chi connectivity index (χ4n) is 1.35. The third-order valence-electron chi connectivity index (χ3n) is 2.08. The maximum atomic E-state index is 13.1. The molecule has 0 fully saturated rings. The maximum absolute atomic E-state index is 13.1. The molecule has 0 radical (unpaired) electrons. The van der Waals surface area contributed by atoms with Gasteiger partial charge in [0.25, 0.3) is 0 Å². The van der Waals surface area contributed by atoms with Gasteiger partial charge in [0.15, 0.2) is 0 Å². The Hall–Kier alpha value is -2.13. The molecule has 17 heavy (non-hydrogen) atoms. The number of anilines is 1. The minimum Gasteiger partial charge on any atom is -0.379 e. The minimum absolute atomic E-state index is 0.126. The molecule has 0 aliphatic carbocycles. The molecule has 0 aliphatic heterocycles. The van der Waals surface area contributed by atoms with Gasteiger partial charge < -0.3 is 10.3 Å². The Morgan fingerprint density at radius 2 is 2.29 bits per heavy atom. The number of rotatable bonds is 3. The molecule has 0 saturated heterocycles. The number of hydrogen-bond acceptors (Lipinski definition) is 4. The third-order valence-corrected chi connectivity index (χ3v) is 2.80. The first-order chi connectivity index (χ1) is 8.17. The zero-order chi connectivity index (χ0) is 12.3. The van der Waals surface area contributed by atoms with Gasteiger partial charge in [-0.15, -0.1) is 0 Å². The Morgan fingerprint density at radius 3 is 2.94 bits per heavy atom. The molecule has 4 nitrogen and oxygen atoms in total. The lowest BCUT2D eigenvalue weighted by molar-refractivity contribution is 0.627. The fourth-order valence-corrected chi connectivity index (χ4v) is 1.94. The van der Waals surface area contributed by atoms with Crippen molar-refractivity contribution in [3.8, 4) is 6.07 Å². The van der Waals surface area contributed by atoms with Crippen LogP contribution in [0.1, 0.15) is 11.3 Å². The SMILES string of the molecule is N#Cc1cc(F)cc(NCc2csc(=O)[nH]2)c1. The van der Waals surface area contributed by atoms with E-state index in [0.717, 1.165) is 23.1 Å². The van der Waals surface area contributed by atoms with Crippen molar-refractivity contribution in [2.24, 2.45) is 0 Å². The van der Waals surface area contributed by atoms with Gasteiger partial charge in [-0.2, -0.15) is 5.26 Å². The van der Waals surface area contributed by atoms with Gasteiger partial charge in [-0.05, 0) is 18.2 Å². The van der Waals surface area contributed by atoms with Crippen LogP contribution < -0.4 is 10.2 Å². The number of aromatic amines is 1. The van der Waals surface area contributed by atoms with E-state index in [2.05, 4.69) is 10.3 Å². The number of aromatic nitrogens is 1. The molecule has 2 rings (SSSR count). The fraction of sp³-hybridized carbons (Fsp3) is 0.0909. The number of thiazole rings is 1. The second-order valence-corrected chi connectivity index (χ2v) is 4.21. The van der Waals surface area contributed by atoms with Crippen LogP contribution in [0.3, 0.4) is 0 Å². The van der Waals surface area contributed by atoms with Crippen molar-refractivity contribution in [1.29, 1.82) is 5.26 Å². The summed E-state index contributed by atoms with van der Waals surface area (Å²) in [6.45, 7) is 0.382. The number of benzene rings is 1. The summed E-state index contributed by atoms with van der Waals surface area (Å²) in [5.74, 6) is -0.467. The molecule has 0 bridgehead atoms. The summed E-state index contributed by atoms with van der Waals surface area (Å²) in [7, 11) is 0. The lowest BCUT2D eigenvalue weighted by atomic mass is 10.2. The Labute approximate surface area is 100 Å². The number of H-pyrrole nitrogens is 1. The second kappa shape index (κ2) is 4.80. The van der Waals surface area contributed by atoms with Crippen molar-refractivity contribution in [3.63, 3.8) is 0 Å². The van der Waals surface area contributed by atoms with Crippen LogP contribution in [0.5, 0.6) is 0 Å². The smallest absolute Gasteiger partial charge is 0.304 e. The zero-order valence-corrected chi connectivity index (χ0v) is 9.47. The topological polar surface area (TPSA) is 68.7 Å². The molecule has 0 aliphatic rings. The van der Waals surface area contributed by atoms with E-state index in [1.165, 1.54) is 6.07 Å². The van der Waals surface area contributed by atoms with Gasteiger partial charge >= 0.3 is 4.87 Å². The van der Waals surface area contributed by atoms with Crippen molar-refractivity contribution in [1.82, 2.24) is 4.98 Å². The number of nitrogens with zero attached hydrogens (tertiary/aromatic N) is 1. The molecule has 1 aromatic carbocycles. The standard InChI is InChI=1S/C11H8FN3OS/c12-8-1-7(4-13)2-9(3-8)14-5-10-6-17-11(16)15-10/h1-3,6,14H,5H2,(H,15,16). The van der Waals surface area contributed by atoms with Gasteiger partial charge in [0.05, 0.1) is 18.2 Å². The highest BCUT2D eigenvalue weighted by molar-refractivity contribution is 7.07. The van der Waals surface area contributed by atoms with Crippen LogP contribution in [0.2, 0.25) is 0 Å². The minimum atomic E-state index is -0.467. The third kappa shape index (κ3) is 2.92. The molecule has 86 valence electrons. The monoisotopic (exact) mass is 249 g/mol. The number of halogens is 1. The first kappa shape index (κ1) is 11.4. The van der Waals surface area contributed by atoms with Gasteiger partial charge in [0.2, 0.25) is 0 Å². The first-order valence-electron chi connectivity index (χ1n) is 4.78. The molecular formula is C11H8FN3OS. The van der Waals surface area contributed by atoms with Crippen LogP contribution in [0, 0.1) is 17.1 Å². The van der Waals surface area contributed by atoms with E-state index in [4.69, 9.17) is 5.26 Å². The van der Waals surface area contributed by atoms with E-state index in [9.17, 15) is 9.18 Å². The van der Waals surface area contributed by atoms with Gasteiger partial charge in [0, 0.05) is 16.8 Å². The predicted octanol–water partition coefficient (Wildman–Crippen LogP) is 2.06. The predicted molar refractivity (Wildman–Crippen MR) is 63.4 cm³/mol. The van der Waals surface area contributed by atoms with Crippen molar-refractivity contribution in [2.45, 2.75) is 6.54 Å². The molecule has 0 atom stereocenters. The van der Waals surface area contributed by atoms with Crippen LogP contribution in [0.25, 0.3) is 0 Å². The van der Waals surface area contributed by atoms with Crippen LogP contribution in [0.4, 0.5) is 10.1 Å². The molecular weight excluding hydrogens is 241 g/mol. The van der Waals surface area contributed by atoms with Crippen molar-refractivity contribution < 1.29 is 4.39 Å². The molecule has 0 amide bonds. The molecule has 6 heteroatoms. The van der Waals surface area contributed by atoms with Gasteiger partial charge in [-0.3, -0.25) is 4.79 Å². The molecule has 2 N–H and O–H groups in total. The average Bonchev–Trinajstić information content (AvgIpc) is 2.72. The van der Waals surface area contributed by atoms with Crippen molar-refractivity contribution in [3.05, 3.63) is 50.3 Å². The summed E-state index contributed by atoms with van der Waals surface area (Å²) >= 11 is 1.07. The number of hydrogen-bond donors (Lipinski definition) is 2. The Balaban J connectivity index is 2.11. The van der Waals surface area contributed by atoms with E-state index in [1.807, 2.05) is 6.07 Å². The van der Waals surface area contributed by atoms with E-state index in [1.54, 1.807) is 11.4 Å². The van der Waals surface area contributed by atoms with E-state index in [-0.39, 0.29) is 10.4 Å². The summed E-state index contributed by atoms with van der Waals surface area (Å²) in [5.41, 5.74) is 1.49. The first-order valence-corrected chi connectivity index (χ1v) is 5.66. The lowest BCUT2D eigenvalue weighted by Crippen LogP contribution is -2.03. The molecule has 0 unspecified atom stereocenters. The van der Waals surface area contributed by atoms with Crippen LogP contribution in [-0.4, -0.2) is 4.98 Å². The Morgan fingerprint density at radius 1 is 1.47 bits per heavy atom. The van der Waals surface area contributed by atoms with Crippen LogP contribution >= 0.6 is 11.3 Å². The highest BCUT2D eigenvalue weighted by Gasteiger charge is 2.01. The number of nitrogens with one attached hydrogen (secondary N) is 2. The summed E-state index contributed by atoms with van der Waals surface area (Å²) < 4.78 is 13.1. The summed E-state index contributed by atoms with van der Waals surface area (Å²) in [6.07, 6.45) is 0. The molecule has 2 aromatic rings. The van der Waals surface area contributed by atoms with E-state index >= 15 is 0 Å². The van der Waals surface area contributed by atoms with Gasteiger partial charge in [-0.25, -0.2) is 4.39 Å². The molecule has 1 aromatic heterocycles. The summed E-state index contributed by atoms with van der Waals surface area (Å²) in [5, 5.41) is 13.3. The largest absolute Gasteiger partial charge is 0.379 e. The van der Waals surface area contributed by atoms with Gasteiger partial charge in [-0.1, -0.05) is 11.3 Å². The molecule has 0 saturated carbocycles. The average molecular weight is 249 g/mol. The highest BCUT2D eigenvalue weighted by atomic mass is 32.1. The zero-order valence-electron chi connectivity index (χ0n) is 8.66. The second-order valence-electron chi connectivity index (χ2n) is 3.37. The van der Waals surface area contributed by atoms with E-state index in [0.29, 0.717) is 12.2 Å². The van der Waals surface area contributed by atoms with Crippen molar-refractivity contribution >= 4 is 17.0 Å². The quantitative estimate of drug-likeness (QED) is 0.874. The van der Waals surface area contributed by atoms with E-state index < -0.39 is 5.82 Å². The van der Waals surface area contributed by atoms with Gasteiger partial charge in [0.1, 0.15) is 5.82 Å². The lowest BCUT2D eigenvalue weighted by Gasteiger charge is -2.05. The highest BCUT2D eigenvalue weighted by Crippen LogP contribution is 2.14. The normalized spacial score (nSPS) is 9.88. The summed E-state index contributed by atoms with van der Waals surface area (Å²) in [4.78, 5) is 13.4. The van der Waals surface area contributed by atoms with Crippen LogP contribution in [0.15, 0.2) is 28.4 Å². The molecule has 0 spiro atoms. The Kier molecular flexibility index (Phi) is 3.21. The summed E-state index contributed by atoms with van der Waals surface area (Å²) in [6, 6.07) is 5.89. The molecule has 1 heterocycles. The Bertz CT molecular complexity index is 626. The van der Waals surface area contributed by atoms with Crippen LogP contribution in [-0.2, 0) is 6.54 Å². The maximum Gasteiger partial charge on any atom is 0.304 e. The number of nitriles is 1. The van der Waals surface area contributed by atoms with Crippen molar-refractivity contribution in [2.75, 3.05) is 5.32 Å².